The lowest BCUT2D eigenvalue weighted by molar-refractivity contribution is -0.143. The number of urea groups is 1. The molecule has 2 saturated heterocycles. The topological polar surface area (TPSA) is 91.6 Å². The van der Waals surface area contributed by atoms with E-state index < -0.39 is 5.54 Å². The molecule has 4 amide bonds. The van der Waals surface area contributed by atoms with Crippen molar-refractivity contribution in [1.82, 2.24) is 29.5 Å². The first kappa shape index (κ1) is 18.9. The smallest absolute Gasteiger partial charge is 0.327 e. The number of piperidine rings is 1. The molecule has 152 valence electrons. The summed E-state index contributed by atoms with van der Waals surface area (Å²) < 4.78 is 1.82. The predicted octanol–water partition coefficient (Wildman–Crippen LogP) is 0.752. The minimum absolute atomic E-state index is 0.0985. The molecule has 28 heavy (non-hydrogen) atoms. The Balaban J connectivity index is 1.45. The van der Waals surface area contributed by atoms with E-state index >= 15 is 0 Å². The van der Waals surface area contributed by atoms with Crippen molar-refractivity contribution in [2.24, 2.45) is 11.8 Å². The quantitative estimate of drug-likeness (QED) is 0.713. The summed E-state index contributed by atoms with van der Waals surface area (Å²) in [4.78, 5) is 47.6. The molecule has 3 aliphatic heterocycles. The maximum atomic E-state index is 13.0. The second kappa shape index (κ2) is 6.86. The van der Waals surface area contributed by atoms with E-state index in [1.807, 2.05) is 23.4 Å². The number of likely N-dealkylation sites (tertiary alicyclic amines) is 1. The summed E-state index contributed by atoms with van der Waals surface area (Å²) in [6.45, 7) is 6.21. The fourth-order valence-electron chi connectivity index (χ4n) is 4.77. The van der Waals surface area contributed by atoms with Gasteiger partial charge in [-0.3, -0.25) is 14.5 Å². The lowest BCUT2D eigenvalue weighted by Gasteiger charge is -2.43. The second-order valence-corrected chi connectivity index (χ2v) is 8.60. The van der Waals surface area contributed by atoms with Crippen LogP contribution in [0.5, 0.6) is 0 Å². The van der Waals surface area contributed by atoms with Crippen molar-refractivity contribution >= 4 is 17.8 Å². The van der Waals surface area contributed by atoms with Crippen molar-refractivity contribution in [1.29, 1.82) is 0 Å². The number of imide groups is 1. The minimum Gasteiger partial charge on any atom is -0.342 e. The summed E-state index contributed by atoms with van der Waals surface area (Å²) in [5.74, 6) is 1.10. The third kappa shape index (κ3) is 2.87. The molecule has 2 fully saturated rings. The summed E-state index contributed by atoms with van der Waals surface area (Å²) >= 11 is 0. The summed E-state index contributed by atoms with van der Waals surface area (Å²) in [6.07, 6.45) is 4.08. The molecule has 4 rings (SSSR count). The Bertz CT molecular complexity index is 795. The Labute approximate surface area is 164 Å². The van der Waals surface area contributed by atoms with Gasteiger partial charge in [0.25, 0.3) is 5.91 Å². The van der Waals surface area contributed by atoms with Crippen molar-refractivity contribution in [3.8, 4) is 0 Å². The molecular formula is C19H28N6O3. The molecule has 0 bridgehead atoms. The first-order chi connectivity index (χ1) is 13.3. The second-order valence-electron chi connectivity index (χ2n) is 8.60. The van der Waals surface area contributed by atoms with Crippen LogP contribution in [0.2, 0.25) is 0 Å². The highest BCUT2D eigenvalue weighted by atomic mass is 16.2. The highest BCUT2D eigenvalue weighted by Gasteiger charge is 2.57. The lowest BCUT2D eigenvalue weighted by Crippen LogP contribution is -2.58. The molecule has 1 aromatic heterocycles. The number of carbonyl (C=O) groups is 3. The number of aryl methyl sites for hydroxylation is 1. The van der Waals surface area contributed by atoms with Crippen LogP contribution >= 0.6 is 0 Å². The molecule has 0 saturated carbocycles. The van der Waals surface area contributed by atoms with Crippen LogP contribution in [-0.4, -0.2) is 79.5 Å². The molecule has 0 aliphatic carbocycles. The maximum Gasteiger partial charge on any atom is 0.327 e. The highest BCUT2D eigenvalue weighted by molar-refractivity contribution is 6.07. The van der Waals surface area contributed by atoms with E-state index in [-0.39, 0.29) is 29.7 Å². The van der Waals surface area contributed by atoms with Crippen LogP contribution in [-0.2, 0) is 22.6 Å². The van der Waals surface area contributed by atoms with E-state index in [0.717, 1.165) is 18.7 Å². The zero-order valence-corrected chi connectivity index (χ0v) is 16.8. The number of hydrogen-bond donors (Lipinski definition) is 0. The van der Waals surface area contributed by atoms with E-state index in [1.165, 1.54) is 11.2 Å². The van der Waals surface area contributed by atoms with E-state index in [4.69, 9.17) is 0 Å². The fraction of sp³-hybridized carbons (Fsp3) is 0.737. The zero-order chi connectivity index (χ0) is 20.1. The minimum atomic E-state index is -0.793. The average Bonchev–Trinajstić information content (AvgIpc) is 3.22. The molecule has 4 heterocycles. The van der Waals surface area contributed by atoms with Gasteiger partial charge >= 0.3 is 6.03 Å². The normalized spacial score (nSPS) is 24.4. The number of rotatable bonds is 3. The van der Waals surface area contributed by atoms with Crippen LogP contribution < -0.4 is 0 Å². The Hall–Kier alpha value is -2.45. The van der Waals surface area contributed by atoms with Gasteiger partial charge < -0.3 is 9.80 Å². The van der Waals surface area contributed by atoms with Gasteiger partial charge in [0.2, 0.25) is 5.91 Å². The van der Waals surface area contributed by atoms with E-state index in [1.54, 1.807) is 11.9 Å². The number of carbonyl (C=O) groups excluding carboxylic acids is 3. The van der Waals surface area contributed by atoms with Gasteiger partial charge in [0, 0.05) is 33.1 Å². The number of hydrogen-bond acceptors (Lipinski definition) is 5. The monoisotopic (exact) mass is 388 g/mol. The van der Waals surface area contributed by atoms with Gasteiger partial charge in [-0.25, -0.2) is 14.5 Å². The molecule has 1 unspecified atom stereocenters. The summed E-state index contributed by atoms with van der Waals surface area (Å²) in [6, 6.07) is -0.218. The van der Waals surface area contributed by atoms with Crippen LogP contribution in [0.4, 0.5) is 4.79 Å². The summed E-state index contributed by atoms with van der Waals surface area (Å²) in [5, 5.41) is 4.20. The molecule has 3 aliphatic rings. The molecule has 0 radical (unpaired) electrons. The van der Waals surface area contributed by atoms with Gasteiger partial charge in [-0.15, -0.1) is 0 Å². The van der Waals surface area contributed by atoms with Gasteiger partial charge in [0.1, 0.15) is 17.7 Å². The fourth-order valence-corrected chi connectivity index (χ4v) is 4.77. The summed E-state index contributed by atoms with van der Waals surface area (Å²) in [7, 11) is 1.56. The standard InChI is InChI=1S/C19H28N6O3/c1-13(2)10-24-18(28)22(3)17(27)19(24)6-8-23(9-7-19)16(26)14-4-5-15-20-12-21-25(15)11-14/h12-14H,4-11H2,1-3H3. The van der Waals surface area contributed by atoms with E-state index in [9.17, 15) is 14.4 Å². The van der Waals surface area contributed by atoms with Crippen LogP contribution in [0, 0.1) is 11.8 Å². The number of amides is 4. The van der Waals surface area contributed by atoms with Crippen LogP contribution in [0.1, 0.15) is 38.9 Å². The van der Waals surface area contributed by atoms with Gasteiger partial charge in [-0.05, 0) is 25.2 Å². The maximum absolute atomic E-state index is 13.0. The zero-order valence-electron chi connectivity index (χ0n) is 16.8. The van der Waals surface area contributed by atoms with E-state index in [2.05, 4.69) is 10.1 Å². The first-order valence-corrected chi connectivity index (χ1v) is 10.1. The largest absolute Gasteiger partial charge is 0.342 e. The van der Waals surface area contributed by atoms with Crippen molar-refractivity contribution in [3.63, 3.8) is 0 Å². The number of fused-ring (bicyclic) bond motifs is 1. The van der Waals surface area contributed by atoms with E-state index in [0.29, 0.717) is 39.0 Å². The third-order valence-electron chi connectivity index (χ3n) is 6.34. The highest BCUT2D eigenvalue weighted by Crippen LogP contribution is 2.37. The van der Waals surface area contributed by atoms with Gasteiger partial charge in [-0.1, -0.05) is 13.8 Å². The molecular weight excluding hydrogens is 360 g/mol. The Morgan fingerprint density at radius 1 is 1.29 bits per heavy atom. The molecule has 9 nitrogen and oxygen atoms in total. The molecule has 1 atom stereocenters. The summed E-state index contributed by atoms with van der Waals surface area (Å²) in [5.41, 5.74) is -0.793. The molecule has 0 N–H and O–H groups in total. The average molecular weight is 388 g/mol. The van der Waals surface area contributed by atoms with Gasteiger partial charge in [0.05, 0.1) is 12.5 Å². The van der Waals surface area contributed by atoms with Crippen molar-refractivity contribution in [2.45, 2.75) is 51.6 Å². The first-order valence-electron chi connectivity index (χ1n) is 10.1. The molecule has 1 aromatic rings. The predicted molar refractivity (Wildman–Crippen MR) is 100 cm³/mol. The van der Waals surface area contributed by atoms with Gasteiger partial charge in [0.15, 0.2) is 0 Å². The van der Waals surface area contributed by atoms with Crippen LogP contribution in [0.25, 0.3) is 0 Å². The van der Waals surface area contributed by atoms with Crippen LogP contribution in [0.15, 0.2) is 6.33 Å². The number of likely N-dealkylation sites (N-methyl/N-ethyl adjacent to an activating group) is 1. The number of aromatic nitrogens is 3. The van der Waals surface area contributed by atoms with Crippen molar-refractivity contribution in [3.05, 3.63) is 12.2 Å². The molecule has 0 aromatic carbocycles. The van der Waals surface area contributed by atoms with Crippen LogP contribution in [0.3, 0.4) is 0 Å². The Morgan fingerprint density at radius 2 is 2.00 bits per heavy atom. The molecule has 1 spiro atoms. The Morgan fingerprint density at radius 3 is 2.68 bits per heavy atom. The van der Waals surface area contributed by atoms with Crippen molar-refractivity contribution in [2.75, 3.05) is 26.7 Å². The van der Waals surface area contributed by atoms with Gasteiger partial charge in [-0.2, -0.15) is 5.10 Å². The molecule has 9 heteroatoms. The SMILES string of the molecule is CC(C)CN1C(=O)N(C)C(=O)C12CCN(C(=O)C1CCc3ncnn3C1)CC2. The third-order valence-corrected chi connectivity index (χ3v) is 6.34. The lowest BCUT2D eigenvalue weighted by atomic mass is 9.84. The Kier molecular flexibility index (Phi) is 4.63. The van der Waals surface area contributed by atoms with Crippen molar-refractivity contribution < 1.29 is 14.4 Å². The number of nitrogens with zero attached hydrogens (tertiary/aromatic N) is 6.